The average molecular weight is 420 g/mol. The van der Waals surface area contributed by atoms with Gasteiger partial charge in [-0.05, 0) is 37.5 Å². The van der Waals surface area contributed by atoms with E-state index in [0.717, 1.165) is 24.9 Å². The van der Waals surface area contributed by atoms with Crippen LogP contribution < -0.4 is 20.3 Å². The van der Waals surface area contributed by atoms with E-state index in [-0.39, 0.29) is 18.6 Å². The number of carbonyl (C=O) groups is 1. The van der Waals surface area contributed by atoms with Crippen molar-refractivity contribution < 1.29 is 14.6 Å². The predicted octanol–water partition coefficient (Wildman–Crippen LogP) is 2.46. The third-order valence-electron chi connectivity index (χ3n) is 4.88. The summed E-state index contributed by atoms with van der Waals surface area (Å²) in [6.45, 7) is 3.62. The summed E-state index contributed by atoms with van der Waals surface area (Å²) in [5, 5.41) is 16.1. The van der Waals surface area contributed by atoms with Crippen LogP contribution >= 0.6 is 11.6 Å². The van der Waals surface area contributed by atoms with Gasteiger partial charge in [0.15, 0.2) is 0 Å². The smallest absolute Gasteiger partial charge is 0.256 e. The number of hydrogen-bond acceptors (Lipinski definition) is 7. The van der Waals surface area contributed by atoms with E-state index in [2.05, 4.69) is 20.6 Å². The molecule has 1 fully saturated rings. The maximum atomic E-state index is 12.4. The molecule has 1 unspecified atom stereocenters. The van der Waals surface area contributed by atoms with Crippen molar-refractivity contribution in [3.05, 3.63) is 40.5 Å². The minimum atomic E-state index is -0.241. The first-order valence-electron chi connectivity index (χ1n) is 9.66. The Morgan fingerprint density at radius 2 is 2.28 bits per heavy atom. The first-order chi connectivity index (χ1) is 14.1. The highest BCUT2D eigenvalue weighted by atomic mass is 35.5. The number of amides is 1. The summed E-state index contributed by atoms with van der Waals surface area (Å²) in [5.74, 6) is 1.31. The van der Waals surface area contributed by atoms with E-state index in [0.29, 0.717) is 41.2 Å². The zero-order chi connectivity index (χ0) is 20.8. The minimum Gasteiger partial charge on any atom is -0.495 e. The van der Waals surface area contributed by atoms with Gasteiger partial charge in [0, 0.05) is 25.8 Å². The molecule has 156 valence electrons. The van der Waals surface area contributed by atoms with Crippen molar-refractivity contribution in [2.75, 3.05) is 37.0 Å². The molecule has 2 heterocycles. The van der Waals surface area contributed by atoms with Crippen LogP contribution in [0.2, 0.25) is 5.02 Å². The van der Waals surface area contributed by atoms with E-state index < -0.39 is 0 Å². The molecule has 1 aromatic heterocycles. The number of carbonyl (C=O) groups excluding carboxylic acids is 1. The van der Waals surface area contributed by atoms with Crippen LogP contribution in [-0.4, -0.2) is 53.8 Å². The van der Waals surface area contributed by atoms with Crippen molar-refractivity contribution in [3.8, 4) is 5.75 Å². The van der Waals surface area contributed by atoms with E-state index in [1.54, 1.807) is 13.2 Å². The molecule has 0 radical (unpaired) electrons. The maximum Gasteiger partial charge on any atom is 0.256 e. The molecule has 0 spiro atoms. The summed E-state index contributed by atoms with van der Waals surface area (Å²) in [6.07, 6.45) is 3.40. The lowest BCUT2D eigenvalue weighted by Crippen LogP contribution is -2.34. The number of benzene rings is 1. The molecule has 1 aliphatic rings. The van der Waals surface area contributed by atoms with Gasteiger partial charge in [-0.3, -0.25) is 4.79 Å². The summed E-state index contributed by atoms with van der Waals surface area (Å²) in [5.41, 5.74) is 1.29. The number of methoxy groups -OCH3 is 1. The van der Waals surface area contributed by atoms with Crippen LogP contribution in [0.3, 0.4) is 0 Å². The van der Waals surface area contributed by atoms with Gasteiger partial charge in [-0.15, -0.1) is 0 Å². The summed E-state index contributed by atoms with van der Waals surface area (Å²) >= 11 is 6.20. The molecule has 1 atom stereocenters. The van der Waals surface area contributed by atoms with Gasteiger partial charge in [0.25, 0.3) is 5.91 Å². The van der Waals surface area contributed by atoms with Gasteiger partial charge in [-0.1, -0.05) is 17.7 Å². The quantitative estimate of drug-likeness (QED) is 0.604. The molecule has 3 rings (SSSR count). The van der Waals surface area contributed by atoms with E-state index in [4.69, 9.17) is 16.3 Å². The lowest BCUT2D eigenvalue weighted by atomic mass is 10.2. The van der Waals surface area contributed by atoms with Gasteiger partial charge >= 0.3 is 0 Å². The number of anilines is 2. The second kappa shape index (κ2) is 9.76. The van der Waals surface area contributed by atoms with Crippen molar-refractivity contribution in [2.45, 2.75) is 32.4 Å². The Morgan fingerprint density at radius 3 is 2.97 bits per heavy atom. The molecular formula is C20H26ClN5O3. The van der Waals surface area contributed by atoms with Crippen LogP contribution in [0.4, 0.5) is 11.8 Å². The number of aromatic nitrogens is 2. The number of aliphatic hydroxyl groups is 1. The SMILES string of the molecule is CCNC(=O)c1cnc(N2CCCC2CO)nc1NCc1ccc(OC)c(Cl)c1. The highest BCUT2D eigenvalue weighted by molar-refractivity contribution is 6.32. The Morgan fingerprint density at radius 1 is 1.45 bits per heavy atom. The van der Waals surface area contributed by atoms with Crippen molar-refractivity contribution in [1.29, 1.82) is 0 Å². The molecule has 29 heavy (non-hydrogen) atoms. The fourth-order valence-corrected chi connectivity index (χ4v) is 3.64. The van der Waals surface area contributed by atoms with Crippen molar-refractivity contribution in [1.82, 2.24) is 15.3 Å². The van der Waals surface area contributed by atoms with E-state index in [1.807, 2.05) is 24.0 Å². The standard InChI is InChI=1S/C20H26ClN5O3/c1-3-22-19(28)15-11-24-20(26-8-4-5-14(26)12-27)25-18(15)23-10-13-6-7-17(29-2)16(21)9-13/h6-7,9,11,14,27H,3-5,8,10,12H2,1-2H3,(H,22,28)(H,23,24,25). The second-order valence-corrected chi connectivity index (χ2v) is 7.19. The molecule has 1 amide bonds. The monoisotopic (exact) mass is 419 g/mol. The summed E-state index contributed by atoms with van der Waals surface area (Å²) < 4.78 is 5.18. The lowest BCUT2D eigenvalue weighted by Gasteiger charge is -2.24. The van der Waals surface area contributed by atoms with E-state index >= 15 is 0 Å². The molecular weight excluding hydrogens is 394 g/mol. The van der Waals surface area contributed by atoms with Gasteiger partial charge in [0.05, 0.1) is 24.8 Å². The molecule has 9 heteroatoms. The number of halogens is 1. The molecule has 0 bridgehead atoms. The molecule has 1 aromatic carbocycles. The largest absolute Gasteiger partial charge is 0.495 e. The van der Waals surface area contributed by atoms with Gasteiger partial charge < -0.3 is 25.4 Å². The highest BCUT2D eigenvalue weighted by Crippen LogP contribution is 2.27. The number of nitrogens with zero attached hydrogens (tertiary/aromatic N) is 3. The molecule has 0 saturated carbocycles. The molecule has 1 saturated heterocycles. The van der Waals surface area contributed by atoms with Crippen LogP contribution in [0, 0.1) is 0 Å². The Labute approximate surface area is 175 Å². The summed E-state index contributed by atoms with van der Waals surface area (Å²) in [7, 11) is 1.57. The Bertz CT molecular complexity index is 864. The van der Waals surface area contributed by atoms with Crippen LogP contribution in [0.1, 0.15) is 35.7 Å². The number of nitrogens with one attached hydrogen (secondary N) is 2. The number of rotatable bonds is 8. The van der Waals surface area contributed by atoms with Gasteiger partial charge in [-0.2, -0.15) is 4.98 Å². The van der Waals surface area contributed by atoms with Gasteiger partial charge in [-0.25, -0.2) is 4.98 Å². The maximum absolute atomic E-state index is 12.4. The number of hydrogen-bond donors (Lipinski definition) is 3. The normalized spacial score (nSPS) is 16.0. The third-order valence-corrected chi connectivity index (χ3v) is 5.17. The zero-order valence-corrected chi connectivity index (χ0v) is 17.4. The Balaban J connectivity index is 1.86. The van der Waals surface area contributed by atoms with Crippen molar-refractivity contribution in [3.63, 3.8) is 0 Å². The van der Waals surface area contributed by atoms with Crippen LogP contribution in [0.25, 0.3) is 0 Å². The van der Waals surface area contributed by atoms with E-state index in [1.165, 1.54) is 6.20 Å². The van der Waals surface area contributed by atoms with Gasteiger partial charge in [0.2, 0.25) is 5.95 Å². The second-order valence-electron chi connectivity index (χ2n) is 6.79. The van der Waals surface area contributed by atoms with Crippen LogP contribution in [0.15, 0.2) is 24.4 Å². The fraction of sp³-hybridized carbons (Fsp3) is 0.450. The van der Waals surface area contributed by atoms with E-state index in [9.17, 15) is 9.90 Å². The zero-order valence-electron chi connectivity index (χ0n) is 16.6. The first-order valence-corrected chi connectivity index (χ1v) is 10.0. The van der Waals surface area contributed by atoms with Gasteiger partial charge in [0.1, 0.15) is 17.1 Å². The molecule has 1 aliphatic heterocycles. The third kappa shape index (κ3) is 4.89. The molecule has 0 aliphatic carbocycles. The minimum absolute atomic E-state index is 0.00133. The molecule has 8 nitrogen and oxygen atoms in total. The summed E-state index contributed by atoms with van der Waals surface area (Å²) in [6, 6.07) is 5.50. The number of ether oxygens (including phenoxy) is 1. The van der Waals surface area contributed by atoms with Crippen molar-refractivity contribution in [2.24, 2.45) is 0 Å². The Hall–Kier alpha value is -2.58. The molecule has 2 aromatic rings. The fourth-order valence-electron chi connectivity index (χ4n) is 3.36. The first kappa shape index (κ1) is 21.1. The number of aliphatic hydroxyl groups excluding tert-OH is 1. The van der Waals surface area contributed by atoms with Crippen molar-refractivity contribution >= 4 is 29.3 Å². The summed E-state index contributed by atoms with van der Waals surface area (Å²) in [4.78, 5) is 23.4. The highest BCUT2D eigenvalue weighted by Gasteiger charge is 2.27. The lowest BCUT2D eigenvalue weighted by molar-refractivity contribution is 0.0956. The topological polar surface area (TPSA) is 99.6 Å². The average Bonchev–Trinajstić information content (AvgIpc) is 3.21. The van der Waals surface area contributed by atoms with Crippen LogP contribution in [0.5, 0.6) is 5.75 Å². The molecule has 3 N–H and O–H groups in total. The van der Waals surface area contributed by atoms with Crippen LogP contribution in [-0.2, 0) is 6.54 Å². The predicted molar refractivity (Wildman–Crippen MR) is 113 cm³/mol. The Kier molecular flexibility index (Phi) is 7.11.